The van der Waals surface area contributed by atoms with Crippen LogP contribution in [0.15, 0.2) is 0 Å². The molecule has 0 spiro atoms. The molecule has 0 atom stereocenters. The third kappa shape index (κ3) is 5.68. The Morgan fingerprint density at radius 3 is 2.85 bits per heavy atom. The van der Waals surface area contributed by atoms with Gasteiger partial charge in [0, 0.05) is 26.1 Å². The van der Waals surface area contributed by atoms with Crippen LogP contribution in [0.3, 0.4) is 0 Å². The van der Waals surface area contributed by atoms with Crippen molar-refractivity contribution in [2.75, 3.05) is 33.4 Å². The minimum Gasteiger partial charge on any atom is -0.380 e. The molecule has 0 heterocycles. The van der Waals surface area contributed by atoms with Crippen molar-refractivity contribution in [1.82, 2.24) is 4.90 Å². The Morgan fingerprint density at radius 1 is 1.46 bits per heavy atom. The Bertz CT molecular complexity index is 169. The van der Waals surface area contributed by atoms with Gasteiger partial charge in [0.05, 0.1) is 6.61 Å². The number of hydrogen-bond donors (Lipinski definition) is 0. The Balaban J connectivity index is 1.83. The zero-order chi connectivity index (χ0) is 9.52. The van der Waals surface area contributed by atoms with Gasteiger partial charge in [0.1, 0.15) is 0 Å². The molecule has 2 heteroatoms. The van der Waals surface area contributed by atoms with Crippen molar-refractivity contribution in [3.05, 3.63) is 0 Å². The van der Waals surface area contributed by atoms with Crippen molar-refractivity contribution in [3.8, 4) is 12.3 Å². The van der Waals surface area contributed by atoms with E-state index in [9.17, 15) is 0 Å². The smallest absolute Gasteiger partial charge is 0.0593 e. The van der Waals surface area contributed by atoms with E-state index in [1.807, 2.05) is 0 Å². The largest absolute Gasteiger partial charge is 0.380 e. The molecule has 0 amide bonds. The van der Waals surface area contributed by atoms with E-state index in [2.05, 4.69) is 17.9 Å². The lowest BCUT2D eigenvalue weighted by Crippen LogP contribution is -2.24. The minimum atomic E-state index is 0.832. The summed E-state index contributed by atoms with van der Waals surface area (Å²) in [6.07, 6.45) is 8.74. The molecule has 2 nitrogen and oxygen atoms in total. The first-order valence-corrected chi connectivity index (χ1v) is 5.02. The minimum absolute atomic E-state index is 0.832. The van der Waals surface area contributed by atoms with Crippen LogP contribution in [-0.2, 0) is 4.74 Å². The number of nitrogens with zero attached hydrogens (tertiary/aromatic N) is 1. The lowest BCUT2D eigenvalue weighted by molar-refractivity contribution is 0.104. The molecule has 0 bridgehead atoms. The monoisotopic (exact) mass is 181 g/mol. The first-order valence-electron chi connectivity index (χ1n) is 5.02. The maximum Gasteiger partial charge on any atom is 0.0593 e. The molecule has 1 rings (SSSR count). The molecule has 1 aliphatic carbocycles. The third-order valence-corrected chi connectivity index (χ3v) is 2.31. The van der Waals surface area contributed by atoms with E-state index < -0.39 is 0 Å². The van der Waals surface area contributed by atoms with Gasteiger partial charge in [-0.25, -0.2) is 0 Å². The highest BCUT2D eigenvalue weighted by atomic mass is 16.5. The van der Waals surface area contributed by atoms with Crippen LogP contribution in [-0.4, -0.2) is 38.3 Å². The second-order valence-electron chi connectivity index (χ2n) is 3.78. The summed E-state index contributed by atoms with van der Waals surface area (Å²) in [7, 11) is 2.08. The van der Waals surface area contributed by atoms with Crippen LogP contribution >= 0.6 is 0 Å². The molecular weight excluding hydrogens is 162 g/mol. The summed E-state index contributed by atoms with van der Waals surface area (Å²) in [6.45, 7) is 3.78. The van der Waals surface area contributed by atoms with Crippen LogP contribution in [0.25, 0.3) is 0 Å². The van der Waals surface area contributed by atoms with Crippen molar-refractivity contribution in [2.45, 2.75) is 19.3 Å². The summed E-state index contributed by atoms with van der Waals surface area (Å²) in [5.41, 5.74) is 0. The van der Waals surface area contributed by atoms with Crippen LogP contribution in [0.4, 0.5) is 0 Å². The van der Waals surface area contributed by atoms with Gasteiger partial charge >= 0.3 is 0 Å². The van der Waals surface area contributed by atoms with E-state index in [-0.39, 0.29) is 0 Å². The van der Waals surface area contributed by atoms with E-state index >= 15 is 0 Å². The molecule has 13 heavy (non-hydrogen) atoms. The average Bonchev–Trinajstić information content (AvgIpc) is 2.92. The number of ether oxygens (including phenoxy) is 1. The van der Waals surface area contributed by atoms with Gasteiger partial charge in [0.25, 0.3) is 0 Å². The van der Waals surface area contributed by atoms with Crippen molar-refractivity contribution < 1.29 is 4.74 Å². The molecule has 0 aliphatic heterocycles. The third-order valence-electron chi connectivity index (χ3n) is 2.31. The molecule has 74 valence electrons. The number of hydrogen-bond acceptors (Lipinski definition) is 2. The number of terminal acetylenes is 1. The lowest BCUT2D eigenvalue weighted by Gasteiger charge is -2.14. The summed E-state index contributed by atoms with van der Waals surface area (Å²) < 4.78 is 5.51. The molecule has 0 N–H and O–H groups in total. The van der Waals surface area contributed by atoms with Crippen molar-refractivity contribution in [2.24, 2.45) is 5.92 Å². The van der Waals surface area contributed by atoms with Gasteiger partial charge in [-0.2, -0.15) is 0 Å². The van der Waals surface area contributed by atoms with E-state index in [1.54, 1.807) is 0 Å². The van der Waals surface area contributed by atoms with Crippen molar-refractivity contribution >= 4 is 0 Å². The standard InChI is InChI=1S/C11H19NO/c1-3-4-7-12(2)8-9-13-10-11-5-6-11/h1,11H,4-10H2,2H3. The summed E-state index contributed by atoms with van der Waals surface area (Å²) in [5, 5.41) is 0. The quantitative estimate of drug-likeness (QED) is 0.434. The number of likely N-dealkylation sites (N-methyl/N-ethyl adjacent to an activating group) is 1. The molecule has 0 saturated heterocycles. The fourth-order valence-corrected chi connectivity index (χ4v) is 1.12. The van der Waals surface area contributed by atoms with E-state index in [0.29, 0.717) is 0 Å². The van der Waals surface area contributed by atoms with Gasteiger partial charge in [0.15, 0.2) is 0 Å². The second-order valence-corrected chi connectivity index (χ2v) is 3.78. The maximum atomic E-state index is 5.51. The predicted octanol–water partition coefficient (Wildman–Crippen LogP) is 1.37. The van der Waals surface area contributed by atoms with E-state index in [4.69, 9.17) is 11.2 Å². The predicted molar refractivity (Wildman–Crippen MR) is 54.5 cm³/mol. The van der Waals surface area contributed by atoms with E-state index in [1.165, 1.54) is 12.8 Å². The Labute approximate surface area is 81.3 Å². The van der Waals surface area contributed by atoms with Gasteiger partial charge in [-0.1, -0.05) is 0 Å². The Hall–Kier alpha value is -0.520. The topological polar surface area (TPSA) is 12.5 Å². The Morgan fingerprint density at radius 2 is 2.23 bits per heavy atom. The fraction of sp³-hybridized carbons (Fsp3) is 0.818. The first kappa shape index (κ1) is 10.6. The molecule has 0 aromatic carbocycles. The van der Waals surface area contributed by atoms with Crippen LogP contribution < -0.4 is 0 Å². The number of rotatable bonds is 7. The van der Waals surface area contributed by atoms with Gasteiger partial charge in [-0.15, -0.1) is 12.3 Å². The zero-order valence-corrected chi connectivity index (χ0v) is 8.46. The van der Waals surface area contributed by atoms with Crippen LogP contribution in [0.5, 0.6) is 0 Å². The summed E-state index contributed by atoms with van der Waals surface area (Å²) >= 11 is 0. The van der Waals surface area contributed by atoms with Gasteiger partial charge < -0.3 is 9.64 Å². The van der Waals surface area contributed by atoms with E-state index in [0.717, 1.165) is 38.6 Å². The second kappa shape index (κ2) is 6.01. The first-order chi connectivity index (χ1) is 6.33. The highest BCUT2D eigenvalue weighted by Gasteiger charge is 2.20. The molecule has 0 radical (unpaired) electrons. The summed E-state index contributed by atoms with van der Waals surface area (Å²) in [5.74, 6) is 3.51. The highest BCUT2D eigenvalue weighted by Crippen LogP contribution is 2.28. The van der Waals surface area contributed by atoms with Crippen molar-refractivity contribution in [3.63, 3.8) is 0 Å². The molecule has 1 fully saturated rings. The van der Waals surface area contributed by atoms with Crippen molar-refractivity contribution in [1.29, 1.82) is 0 Å². The van der Waals surface area contributed by atoms with Gasteiger partial charge in [-0.3, -0.25) is 0 Å². The maximum absolute atomic E-state index is 5.51. The summed E-state index contributed by atoms with van der Waals surface area (Å²) in [6, 6.07) is 0. The molecule has 0 aromatic heterocycles. The van der Waals surface area contributed by atoms with Crippen LogP contribution in [0, 0.1) is 18.3 Å². The zero-order valence-electron chi connectivity index (χ0n) is 8.46. The van der Waals surface area contributed by atoms with Crippen LogP contribution in [0.2, 0.25) is 0 Å². The fourth-order valence-electron chi connectivity index (χ4n) is 1.12. The van der Waals surface area contributed by atoms with Crippen LogP contribution in [0.1, 0.15) is 19.3 Å². The molecule has 0 aromatic rings. The highest BCUT2D eigenvalue weighted by molar-refractivity contribution is 4.84. The molecule has 0 unspecified atom stereocenters. The normalized spacial score (nSPS) is 16.1. The molecular formula is C11H19NO. The average molecular weight is 181 g/mol. The molecule has 1 saturated carbocycles. The SMILES string of the molecule is C#CCCN(C)CCOCC1CC1. The van der Waals surface area contributed by atoms with Gasteiger partial charge in [-0.05, 0) is 25.8 Å². The van der Waals surface area contributed by atoms with Gasteiger partial charge in [0.2, 0.25) is 0 Å². The summed E-state index contributed by atoms with van der Waals surface area (Å²) in [4.78, 5) is 2.22. The lowest BCUT2D eigenvalue weighted by atomic mass is 10.4. The molecule has 1 aliphatic rings. The Kier molecular flexibility index (Phi) is 4.88.